The van der Waals surface area contributed by atoms with Gasteiger partial charge in [0, 0.05) is 4.90 Å². The van der Waals surface area contributed by atoms with Gasteiger partial charge >= 0.3 is 6.18 Å². The minimum absolute atomic E-state index is 0.579. The fraction of sp³-hybridized carbons (Fsp3) is 0.250. The number of alkyl halides is 3. The van der Waals surface area contributed by atoms with Crippen LogP contribution in [0.1, 0.15) is 11.1 Å². The molecule has 5 heteroatoms. The maximum absolute atomic E-state index is 12.6. The zero-order chi connectivity index (χ0) is 15.3. The lowest BCUT2D eigenvalue weighted by atomic mass is 9.66. The Labute approximate surface area is 128 Å². The highest BCUT2D eigenvalue weighted by Gasteiger charge is 2.30. The number of hydrogen-bond acceptors (Lipinski definition) is 1. The van der Waals surface area contributed by atoms with Crippen molar-refractivity contribution in [3.05, 3.63) is 59.7 Å². The Morgan fingerprint density at radius 3 is 2.52 bits per heavy atom. The van der Waals surface area contributed by atoms with E-state index in [0.717, 1.165) is 17.8 Å². The van der Waals surface area contributed by atoms with Crippen molar-refractivity contribution in [2.24, 2.45) is 0 Å². The summed E-state index contributed by atoms with van der Waals surface area (Å²) in [6.45, 7) is 0. The van der Waals surface area contributed by atoms with Crippen LogP contribution in [-0.2, 0) is 12.6 Å². The Morgan fingerprint density at radius 2 is 1.81 bits per heavy atom. The van der Waals surface area contributed by atoms with Crippen molar-refractivity contribution in [3.8, 4) is 0 Å². The lowest BCUT2D eigenvalue weighted by Gasteiger charge is -2.09. The van der Waals surface area contributed by atoms with Crippen molar-refractivity contribution in [2.45, 2.75) is 23.8 Å². The van der Waals surface area contributed by atoms with Crippen LogP contribution in [0.15, 0.2) is 53.4 Å². The lowest BCUT2D eigenvalue weighted by molar-refractivity contribution is -0.137. The van der Waals surface area contributed by atoms with E-state index in [2.05, 4.69) is 7.28 Å². The average molecular weight is 307 g/mol. The maximum atomic E-state index is 12.6. The average Bonchev–Trinajstić information content (AvgIpc) is 2.47. The van der Waals surface area contributed by atoms with Gasteiger partial charge in [-0.15, -0.1) is 11.8 Å². The Morgan fingerprint density at radius 1 is 1.05 bits per heavy atom. The van der Waals surface area contributed by atoms with Crippen molar-refractivity contribution in [1.82, 2.24) is 0 Å². The lowest BCUT2D eigenvalue weighted by Crippen LogP contribution is -2.16. The van der Waals surface area contributed by atoms with Crippen LogP contribution in [0.3, 0.4) is 0 Å². The van der Waals surface area contributed by atoms with Crippen LogP contribution in [0.2, 0.25) is 6.32 Å². The highest BCUT2D eigenvalue weighted by Crippen LogP contribution is 2.29. The number of hydrogen-bond donors (Lipinski definition) is 0. The predicted octanol–water partition coefficient (Wildman–Crippen LogP) is 4.42. The molecule has 0 atom stereocenters. The third-order valence-electron chi connectivity index (χ3n) is 3.19. The van der Waals surface area contributed by atoms with Crippen molar-refractivity contribution in [1.29, 1.82) is 0 Å². The molecule has 0 unspecified atom stereocenters. The zero-order valence-corrected chi connectivity index (χ0v) is 12.5. The van der Waals surface area contributed by atoms with Gasteiger partial charge in [0.1, 0.15) is 0 Å². The molecule has 0 saturated carbocycles. The SMILES string of the molecule is CSc1ccccc1[B]CCc1cccc(C(F)(F)F)c1. The summed E-state index contributed by atoms with van der Waals surface area (Å²) in [5, 5.41) is 0. The molecule has 2 aromatic carbocycles. The first kappa shape index (κ1) is 16.0. The summed E-state index contributed by atoms with van der Waals surface area (Å²) in [5.41, 5.74) is 1.27. The molecule has 1 radical (unpaired) electrons. The fourth-order valence-electron chi connectivity index (χ4n) is 2.13. The molecule has 2 rings (SSSR count). The molecule has 0 aliphatic rings. The third-order valence-corrected chi connectivity index (χ3v) is 4.00. The second-order valence-corrected chi connectivity index (χ2v) is 5.53. The first-order chi connectivity index (χ1) is 10.0. The van der Waals surface area contributed by atoms with E-state index in [1.54, 1.807) is 17.8 Å². The van der Waals surface area contributed by atoms with Crippen molar-refractivity contribution in [3.63, 3.8) is 0 Å². The number of aryl methyl sites for hydroxylation is 1. The van der Waals surface area contributed by atoms with Gasteiger partial charge < -0.3 is 0 Å². The molecule has 0 aliphatic heterocycles. The normalized spacial score (nSPS) is 11.4. The predicted molar refractivity (Wildman–Crippen MR) is 83.6 cm³/mol. The van der Waals surface area contributed by atoms with E-state index in [4.69, 9.17) is 0 Å². The quantitative estimate of drug-likeness (QED) is 0.582. The molecule has 21 heavy (non-hydrogen) atoms. The van der Waals surface area contributed by atoms with E-state index in [9.17, 15) is 13.2 Å². The van der Waals surface area contributed by atoms with Crippen LogP contribution in [0.4, 0.5) is 13.2 Å². The topological polar surface area (TPSA) is 0 Å². The largest absolute Gasteiger partial charge is 0.416 e. The van der Waals surface area contributed by atoms with Crippen LogP contribution in [0, 0.1) is 0 Å². The summed E-state index contributed by atoms with van der Waals surface area (Å²) < 4.78 is 37.9. The third kappa shape index (κ3) is 4.56. The minimum atomic E-state index is -4.27. The zero-order valence-electron chi connectivity index (χ0n) is 11.7. The molecular weight excluding hydrogens is 292 g/mol. The highest BCUT2D eigenvalue weighted by atomic mass is 32.2. The molecule has 0 saturated heterocycles. The number of benzene rings is 2. The Hall–Kier alpha value is -1.36. The van der Waals surface area contributed by atoms with Gasteiger partial charge in [0.05, 0.1) is 5.56 Å². The van der Waals surface area contributed by atoms with E-state index in [1.807, 2.05) is 30.5 Å². The molecule has 0 N–H and O–H groups in total. The molecule has 0 amide bonds. The molecule has 0 aromatic heterocycles. The van der Waals surface area contributed by atoms with Gasteiger partial charge in [-0.25, -0.2) is 0 Å². The van der Waals surface area contributed by atoms with Crippen LogP contribution < -0.4 is 5.46 Å². The van der Waals surface area contributed by atoms with Gasteiger partial charge in [0.25, 0.3) is 0 Å². The van der Waals surface area contributed by atoms with Crippen LogP contribution >= 0.6 is 11.8 Å². The van der Waals surface area contributed by atoms with Gasteiger partial charge in [-0.05, 0) is 30.4 Å². The molecule has 109 valence electrons. The van der Waals surface area contributed by atoms with Gasteiger partial charge in [-0.3, -0.25) is 0 Å². The van der Waals surface area contributed by atoms with Crippen molar-refractivity contribution >= 4 is 24.5 Å². The molecule has 0 heterocycles. The van der Waals surface area contributed by atoms with E-state index in [0.29, 0.717) is 12.0 Å². The summed E-state index contributed by atoms with van der Waals surface area (Å²) in [6.07, 6.45) is -0.934. The summed E-state index contributed by atoms with van der Waals surface area (Å²) in [5.74, 6) is 0. The summed E-state index contributed by atoms with van der Waals surface area (Å²) >= 11 is 1.67. The Balaban J connectivity index is 1.98. The summed E-state index contributed by atoms with van der Waals surface area (Å²) in [7, 11) is 2.08. The maximum Gasteiger partial charge on any atom is 0.416 e. The monoisotopic (exact) mass is 307 g/mol. The molecule has 0 nitrogen and oxygen atoms in total. The van der Waals surface area contributed by atoms with E-state index >= 15 is 0 Å². The minimum Gasteiger partial charge on any atom is -0.166 e. The second-order valence-electron chi connectivity index (χ2n) is 4.68. The molecule has 2 aromatic rings. The van der Waals surface area contributed by atoms with Gasteiger partial charge in [-0.2, -0.15) is 13.2 Å². The molecule has 0 spiro atoms. The molecule has 0 fully saturated rings. The van der Waals surface area contributed by atoms with E-state index in [1.165, 1.54) is 17.0 Å². The summed E-state index contributed by atoms with van der Waals surface area (Å²) in [4.78, 5) is 1.18. The van der Waals surface area contributed by atoms with E-state index < -0.39 is 11.7 Å². The smallest absolute Gasteiger partial charge is 0.166 e. The molecule has 0 aliphatic carbocycles. The number of thioether (sulfide) groups is 1. The first-order valence-electron chi connectivity index (χ1n) is 6.63. The number of halogens is 3. The molecule has 0 bridgehead atoms. The fourth-order valence-corrected chi connectivity index (χ4v) is 2.73. The molecular formula is C16H15BF3S. The Kier molecular flexibility index (Phi) is 5.40. The first-order valence-corrected chi connectivity index (χ1v) is 7.85. The highest BCUT2D eigenvalue weighted by molar-refractivity contribution is 7.98. The van der Waals surface area contributed by atoms with Crippen LogP contribution in [0.5, 0.6) is 0 Å². The summed E-state index contributed by atoms with van der Waals surface area (Å²) in [6, 6.07) is 13.6. The van der Waals surface area contributed by atoms with Crippen LogP contribution in [-0.4, -0.2) is 13.5 Å². The van der Waals surface area contributed by atoms with Crippen molar-refractivity contribution < 1.29 is 13.2 Å². The Bertz CT molecular complexity index is 596. The number of rotatable bonds is 5. The van der Waals surface area contributed by atoms with Gasteiger partial charge in [0.15, 0.2) is 7.28 Å². The van der Waals surface area contributed by atoms with Gasteiger partial charge in [-0.1, -0.05) is 48.2 Å². The van der Waals surface area contributed by atoms with E-state index in [-0.39, 0.29) is 0 Å². The standard InChI is InChI=1S/C16H15BF3S/c1-21-15-8-3-2-7-14(15)17-10-9-12-5-4-6-13(11-12)16(18,19)20/h2-8,11H,9-10H2,1H3. The van der Waals surface area contributed by atoms with Crippen LogP contribution in [0.25, 0.3) is 0 Å². The van der Waals surface area contributed by atoms with Crippen molar-refractivity contribution in [2.75, 3.05) is 6.26 Å². The second kappa shape index (κ2) is 7.07. The van der Waals surface area contributed by atoms with Gasteiger partial charge in [0.2, 0.25) is 0 Å².